The van der Waals surface area contributed by atoms with E-state index in [1.54, 1.807) is 0 Å². The molecule has 4 aliphatic rings. The summed E-state index contributed by atoms with van der Waals surface area (Å²) in [6.45, 7) is 0. The van der Waals surface area contributed by atoms with E-state index in [1.165, 1.54) is 32.1 Å². The summed E-state index contributed by atoms with van der Waals surface area (Å²) in [5.74, 6) is -1.58. The van der Waals surface area contributed by atoms with Crippen LogP contribution in [0, 0.1) is 23.7 Å². The monoisotopic (exact) mass is 305 g/mol. The normalized spacial score (nSPS) is 35.6. The third-order valence-corrected chi connectivity index (χ3v) is 5.79. The molecule has 4 nitrogen and oxygen atoms in total. The van der Waals surface area contributed by atoms with Gasteiger partial charge in [0.2, 0.25) is 5.91 Å². The Bertz CT molecular complexity index is 451. The molecule has 0 aromatic carbocycles. The van der Waals surface area contributed by atoms with Crippen molar-refractivity contribution >= 4 is 11.9 Å². The fourth-order valence-electron chi connectivity index (χ4n) is 4.59. The number of fused-ring (bicyclic) bond motifs is 2. The zero-order chi connectivity index (χ0) is 15.5. The van der Waals surface area contributed by atoms with Gasteiger partial charge in [0.15, 0.2) is 0 Å². The second-order valence-corrected chi connectivity index (χ2v) is 7.23. The predicted molar refractivity (Wildman–Crippen MR) is 84.2 cm³/mol. The molecule has 2 bridgehead atoms. The number of carboxylic acids is 1. The van der Waals surface area contributed by atoms with Crippen molar-refractivity contribution in [3.63, 3.8) is 0 Å². The van der Waals surface area contributed by atoms with Gasteiger partial charge in [0.25, 0.3) is 0 Å². The molecule has 1 amide bonds. The number of carbonyl (C=O) groups is 2. The lowest BCUT2D eigenvalue weighted by atomic mass is 9.62. The second kappa shape index (κ2) is 6.84. The summed E-state index contributed by atoms with van der Waals surface area (Å²) < 4.78 is 0. The Balaban J connectivity index is 1.67. The van der Waals surface area contributed by atoms with Gasteiger partial charge in [0, 0.05) is 6.04 Å². The molecule has 122 valence electrons. The lowest BCUT2D eigenvalue weighted by molar-refractivity contribution is -0.153. The molecule has 0 radical (unpaired) electrons. The standard InChI is InChI=1S/C18H27NO3/c20-17(19-14-6-4-2-1-3-5-7-14)15-12-8-10-13(11-9-12)16(15)18(21)22/h8,10,12-16H,1-7,9,11H2,(H,19,20)(H,21,22). The van der Waals surface area contributed by atoms with E-state index in [4.69, 9.17) is 0 Å². The summed E-state index contributed by atoms with van der Waals surface area (Å²) in [5.41, 5.74) is 0. The van der Waals surface area contributed by atoms with E-state index in [1.807, 2.05) is 6.08 Å². The highest BCUT2D eigenvalue weighted by Crippen LogP contribution is 2.45. The molecular weight excluding hydrogens is 278 g/mol. The fourth-order valence-corrected chi connectivity index (χ4v) is 4.59. The van der Waals surface area contributed by atoms with Crippen LogP contribution in [-0.4, -0.2) is 23.0 Å². The molecule has 4 aliphatic carbocycles. The Morgan fingerprint density at radius 3 is 1.91 bits per heavy atom. The summed E-state index contributed by atoms with van der Waals surface area (Å²) >= 11 is 0. The number of allylic oxidation sites excluding steroid dienone is 2. The van der Waals surface area contributed by atoms with Crippen LogP contribution in [0.5, 0.6) is 0 Å². The van der Waals surface area contributed by atoms with Gasteiger partial charge in [-0.15, -0.1) is 0 Å². The van der Waals surface area contributed by atoms with Crippen LogP contribution >= 0.6 is 0 Å². The number of carboxylic acid groups (broad SMARTS) is 1. The van der Waals surface area contributed by atoms with Gasteiger partial charge in [0.1, 0.15) is 0 Å². The average molecular weight is 305 g/mol. The highest BCUT2D eigenvalue weighted by molar-refractivity contribution is 5.86. The molecule has 0 spiro atoms. The summed E-state index contributed by atoms with van der Waals surface area (Å²) in [6.07, 6.45) is 14.2. The molecule has 22 heavy (non-hydrogen) atoms. The Morgan fingerprint density at radius 1 is 0.818 bits per heavy atom. The number of rotatable bonds is 3. The van der Waals surface area contributed by atoms with Gasteiger partial charge in [-0.3, -0.25) is 9.59 Å². The van der Waals surface area contributed by atoms with Gasteiger partial charge in [-0.1, -0.05) is 44.3 Å². The third-order valence-electron chi connectivity index (χ3n) is 5.79. The molecule has 0 aromatic rings. The topological polar surface area (TPSA) is 66.4 Å². The van der Waals surface area contributed by atoms with E-state index in [9.17, 15) is 14.7 Å². The molecule has 0 saturated heterocycles. The smallest absolute Gasteiger partial charge is 0.307 e. The van der Waals surface area contributed by atoms with Crippen LogP contribution in [0.1, 0.15) is 57.8 Å². The molecule has 4 atom stereocenters. The molecule has 0 heterocycles. The Hall–Kier alpha value is -1.32. The molecule has 2 N–H and O–H groups in total. The number of nitrogens with one attached hydrogen (secondary N) is 1. The Labute approximate surface area is 132 Å². The maximum absolute atomic E-state index is 12.8. The van der Waals surface area contributed by atoms with Crippen LogP contribution in [0.4, 0.5) is 0 Å². The molecule has 4 unspecified atom stereocenters. The maximum atomic E-state index is 12.8. The van der Waals surface area contributed by atoms with Crippen LogP contribution < -0.4 is 5.32 Å². The van der Waals surface area contributed by atoms with Crippen LogP contribution in [-0.2, 0) is 9.59 Å². The highest BCUT2D eigenvalue weighted by Gasteiger charge is 2.48. The first-order valence-electron chi connectivity index (χ1n) is 8.88. The average Bonchev–Trinajstić information content (AvgIpc) is 2.49. The molecule has 2 saturated carbocycles. The SMILES string of the molecule is O=C(O)C1C2C=CC(CC2)C1C(=O)NC1CCCCCCC1. The van der Waals surface area contributed by atoms with E-state index >= 15 is 0 Å². The van der Waals surface area contributed by atoms with Crippen molar-refractivity contribution in [3.8, 4) is 0 Å². The minimum Gasteiger partial charge on any atom is -0.481 e. The van der Waals surface area contributed by atoms with Crippen molar-refractivity contribution < 1.29 is 14.7 Å². The molecular formula is C18H27NO3. The molecule has 0 aromatic heterocycles. The molecule has 2 fully saturated rings. The van der Waals surface area contributed by atoms with Crippen LogP contribution in [0.3, 0.4) is 0 Å². The first-order valence-corrected chi connectivity index (χ1v) is 8.88. The van der Waals surface area contributed by atoms with Gasteiger partial charge < -0.3 is 10.4 Å². The second-order valence-electron chi connectivity index (χ2n) is 7.23. The predicted octanol–water partition coefficient (Wildman–Crippen LogP) is 3.13. The maximum Gasteiger partial charge on any atom is 0.307 e. The zero-order valence-corrected chi connectivity index (χ0v) is 13.2. The number of carbonyl (C=O) groups excluding carboxylic acids is 1. The quantitative estimate of drug-likeness (QED) is 0.787. The van der Waals surface area contributed by atoms with Crippen LogP contribution in [0.25, 0.3) is 0 Å². The van der Waals surface area contributed by atoms with Crippen molar-refractivity contribution in [2.75, 3.05) is 0 Å². The summed E-state index contributed by atoms with van der Waals surface area (Å²) in [6, 6.07) is 0.242. The van der Waals surface area contributed by atoms with Crippen molar-refractivity contribution in [2.24, 2.45) is 23.7 Å². The largest absolute Gasteiger partial charge is 0.481 e. The van der Waals surface area contributed by atoms with Crippen molar-refractivity contribution in [1.29, 1.82) is 0 Å². The lowest BCUT2D eigenvalue weighted by Crippen LogP contribution is -2.51. The Kier molecular flexibility index (Phi) is 4.84. The van der Waals surface area contributed by atoms with Crippen LogP contribution in [0.2, 0.25) is 0 Å². The van der Waals surface area contributed by atoms with Gasteiger partial charge in [-0.05, 0) is 37.5 Å². The summed E-state index contributed by atoms with van der Waals surface area (Å²) in [4.78, 5) is 24.4. The number of hydrogen-bond acceptors (Lipinski definition) is 2. The molecule has 0 aliphatic heterocycles. The first-order chi connectivity index (χ1) is 10.7. The van der Waals surface area contributed by atoms with Gasteiger partial charge in [-0.25, -0.2) is 0 Å². The van der Waals surface area contributed by atoms with E-state index in [2.05, 4.69) is 11.4 Å². The van der Waals surface area contributed by atoms with E-state index in [0.29, 0.717) is 0 Å². The van der Waals surface area contributed by atoms with Gasteiger partial charge in [-0.2, -0.15) is 0 Å². The molecule has 4 rings (SSSR count). The van der Waals surface area contributed by atoms with E-state index in [-0.39, 0.29) is 29.7 Å². The first kappa shape index (κ1) is 15.6. The minimum atomic E-state index is -0.808. The Morgan fingerprint density at radius 2 is 1.36 bits per heavy atom. The van der Waals surface area contributed by atoms with E-state index < -0.39 is 11.9 Å². The van der Waals surface area contributed by atoms with E-state index in [0.717, 1.165) is 25.7 Å². The molecule has 4 heteroatoms. The van der Waals surface area contributed by atoms with Gasteiger partial charge in [0.05, 0.1) is 11.8 Å². The third kappa shape index (κ3) is 3.21. The number of amides is 1. The van der Waals surface area contributed by atoms with Crippen LogP contribution in [0.15, 0.2) is 12.2 Å². The highest BCUT2D eigenvalue weighted by atomic mass is 16.4. The summed E-state index contributed by atoms with van der Waals surface area (Å²) in [7, 11) is 0. The van der Waals surface area contributed by atoms with Crippen molar-refractivity contribution in [2.45, 2.75) is 63.8 Å². The van der Waals surface area contributed by atoms with Crippen molar-refractivity contribution in [3.05, 3.63) is 12.2 Å². The zero-order valence-electron chi connectivity index (χ0n) is 13.2. The van der Waals surface area contributed by atoms with Gasteiger partial charge >= 0.3 is 5.97 Å². The fraction of sp³-hybridized carbons (Fsp3) is 0.778. The number of aliphatic carboxylic acids is 1. The number of hydrogen-bond donors (Lipinski definition) is 2. The minimum absolute atomic E-state index is 0.0166. The van der Waals surface area contributed by atoms with Crippen molar-refractivity contribution in [1.82, 2.24) is 5.32 Å². The summed E-state index contributed by atoms with van der Waals surface area (Å²) in [5, 5.41) is 12.7. The lowest BCUT2D eigenvalue weighted by Gasteiger charge is -2.42.